The molecule has 2 rings (SSSR count). The number of nitrogens with one attached hydrogen (secondary N) is 1. The van der Waals surface area contributed by atoms with Gasteiger partial charge in [0.1, 0.15) is 5.82 Å². The first-order valence-electron chi connectivity index (χ1n) is 6.20. The van der Waals surface area contributed by atoms with Gasteiger partial charge in [0.2, 0.25) is 5.91 Å². The molecule has 0 aliphatic carbocycles. The minimum Gasteiger partial charge on any atom is -0.399 e. The molecule has 0 radical (unpaired) electrons. The van der Waals surface area contributed by atoms with Crippen LogP contribution in [0, 0.1) is 5.82 Å². The predicted molar refractivity (Wildman–Crippen MR) is 79.4 cm³/mol. The standard InChI is InChI=1S/C15H14FN3O2/c1-10(20)19(14-7-5-12(17)6-8-14)15(21)18-13-4-2-3-11(16)9-13/h2-9H,17H2,1H3,(H,18,21). The molecular weight excluding hydrogens is 273 g/mol. The predicted octanol–water partition coefficient (Wildman–Crippen LogP) is 2.99. The number of benzene rings is 2. The number of urea groups is 1. The molecule has 0 fully saturated rings. The maximum atomic E-state index is 13.1. The van der Waals surface area contributed by atoms with E-state index in [1.807, 2.05) is 0 Å². The second-order valence-electron chi connectivity index (χ2n) is 4.39. The molecule has 2 aromatic carbocycles. The summed E-state index contributed by atoms with van der Waals surface area (Å²) < 4.78 is 13.1. The molecule has 0 heterocycles. The van der Waals surface area contributed by atoms with Gasteiger partial charge in [-0.2, -0.15) is 0 Å². The second kappa shape index (κ2) is 6.04. The van der Waals surface area contributed by atoms with E-state index >= 15 is 0 Å². The second-order valence-corrected chi connectivity index (χ2v) is 4.39. The maximum absolute atomic E-state index is 13.1. The number of amides is 3. The highest BCUT2D eigenvalue weighted by atomic mass is 19.1. The Balaban J connectivity index is 2.24. The van der Waals surface area contributed by atoms with Gasteiger partial charge in [-0.15, -0.1) is 0 Å². The molecule has 21 heavy (non-hydrogen) atoms. The van der Waals surface area contributed by atoms with Gasteiger partial charge in [-0.1, -0.05) is 6.07 Å². The summed E-state index contributed by atoms with van der Waals surface area (Å²) in [6.07, 6.45) is 0. The number of rotatable bonds is 2. The van der Waals surface area contributed by atoms with Crippen molar-refractivity contribution >= 4 is 29.0 Å². The molecule has 0 atom stereocenters. The number of hydrogen-bond donors (Lipinski definition) is 2. The summed E-state index contributed by atoms with van der Waals surface area (Å²) in [4.78, 5) is 24.8. The third kappa shape index (κ3) is 3.56. The van der Waals surface area contributed by atoms with Crippen molar-refractivity contribution in [2.24, 2.45) is 0 Å². The molecule has 3 amide bonds. The summed E-state index contributed by atoms with van der Waals surface area (Å²) in [6, 6.07) is 11.0. The Hall–Kier alpha value is -2.89. The van der Waals surface area contributed by atoms with Crippen molar-refractivity contribution in [3.8, 4) is 0 Å². The lowest BCUT2D eigenvalue weighted by Gasteiger charge is -2.20. The molecule has 6 heteroatoms. The Bertz CT molecular complexity index is 671. The van der Waals surface area contributed by atoms with Gasteiger partial charge in [-0.3, -0.25) is 4.79 Å². The van der Waals surface area contributed by atoms with E-state index in [2.05, 4.69) is 5.32 Å². The van der Waals surface area contributed by atoms with E-state index in [0.29, 0.717) is 11.4 Å². The summed E-state index contributed by atoms with van der Waals surface area (Å²) in [5.74, 6) is -0.941. The van der Waals surface area contributed by atoms with Crippen LogP contribution in [0.25, 0.3) is 0 Å². The molecule has 0 aliphatic rings. The lowest BCUT2D eigenvalue weighted by molar-refractivity contribution is -0.115. The van der Waals surface area contributed by atoms with Crippen LogP contribution in [0.5, 0.6) is 0 Å². The van der Waals surface area contributed by atoms with Gasteiger partial charge in [0.05, 0.1) is 5.69 Å². The third-order valence-corrected chi connectivity index (χ3v) is 2.75. The Morgan fingerprint density at radius 1 is 1.14 bits per heavy atom. The Labute approximate surface area is 121 Å². The van der Waals surface area contributed by atoms with Crippen molar-refractivity contribution in [2.45, 2.75) is 6.92 Å². The number of nitrogens with zero attached hydrogens (tertiary/aromatic N) is 1. The fourth-order valence-corrected chi connectivity index (χ4v) is 1.81. The molecule has 0 unspecified atom stereocenters. The van der Waals surface area contributed by atoms with Gasteiger partial charge in [0.15, 0.2) is 0 Å². The van der Waals surface area contributed by atoms with Gasteiger partial charge < -0.3 is 11.1 Å². The molecule has 0 saturated heterocycles. The molecule has 0 spiro atoms. The van der Waals surface area contributed by atoms with Crippen LogP contribution in [0.1, 0.15) is 6.92 Å². The SMILES string of the molecule is CC(=O)N(C(=O)Nc1cccc(F)c1)c1ccc(N)cc1. The number of nitrogens with two attached hydrogens (primary N) is 1. The first-order chi connectivity index (χ1) is 9.97. The van der Waals surface area contributed by atoms with Crippen molar-refractivity contribution in [3.63, 3.8) is 0 Å². The minimum absolute atomic E-state index is 0.265. The first kappa shape index (κ1) is 14.5. The van der Waals surface area contributed by atoms with Crippen LogP contribution >= 0.6 is 0 Å². The summed E-state index contributed by atoms with van der Waals surface area (Å²) in [6.45, 7) is 1.27. The van der Waals surface area contributed by atoms with E-state index in [4.69, 9.17) is 5.73 Å². The van der Waals surface area contributed by atoms with E-state index in [-0.39, 0.29) is 5.69 Å². The van der Waals surface area contributed by atoms with Crippen molar-refractivity contribution < 1.29 is 14.0 Å². The molecule has 2 aromatic rings. The highest BCUT2D eigenvalue weighted by molar-refractivity contribution is 6.17. The van der Waals surface area contributed by atoms with Gasteiger partial charge in [0.25, 0.3) is 0 Å². The lowest BCUT2D eigenvalue weighted by Crippen LogP contribution is -2.38. The van der Waals surface area contributed by atoms with E-state index < -0.39 is 17.8 Å². The Morgan fingerprint density at radius 3 is 2.38 bits per heavy atom. The number of hydrogen-bond acceptors (Lipinski definition) is 3. The minimum atomic E-state index is -0.669. The van der Waals surface area contributed by atoms with Gasteiger partial charge in [-0.25, -0.2) is 14.1 Å². The molecule has 0 bridgehead atoms. The van der Waals surface area contributed by atoms with Crippen LogP contribution in [0.2, 0.25) is 0 Å². The fraction of sp³-hybridized carbons (Fsp3) is 0.0667. The van der Waals surface area contributed by atoms with E-state index in [1.54, 1.807) is 24.3 Å². The van der Waals surface area contributed by atoms with Crippen molar-refractivity contribution in [1.29, 1.82) is 0 Å². The average Bonchev–Trinajstić information content (AvgIpc) is 2.41. The normalized spacial score (nSPS) is 10.0. The lowest BCUT2D eigenvalue weighted by atomic mass is 10.2. The number of halogens is 1. The molecule has 3 N–H and O–H groups in total. The zero-order valence-corrected chi connectivity index (χ0v) is 11.3. The molecular formula is C15H14FN3O2. The monoisotopic (exact) mass is 287 g/mol. The number of imide groups is 1. The number of carbonyl (C=O) groups excluding carboxylic acids is 2. The zero-order chi connectivity index (χ0) is 15.4. The maximum Gasteiger partial charge on any atom is 0.333 e. The van der Waals surface area contributed by atoms with Crippen LogP contribution in [0.15, 0.2) is 48.5 Å². The molecule has 5 nitrogen and oxygen atoms in total. The van der Waals surface area contributed by atoms with Crippen molar-refractivity contribution in [3.05, 3.63) is 54.3 Å². The van der Waals surface area contributed by atoms with Crippen molar-refractivity contribution in [1.82, 2.24) is 0 Å². The first-order valence-corrected chi connectivity index (χ1v) is 6.20. The van der Waals surface area contributed by atoms with E-state index in [0.717, 1.165) is 4.90 Å². The smallest absolute Gasteiger partial charge is 0.333 e. The number of carbonyl (C=O) groups is 2. The summed E-state index contributed by atoms with van der Waals surface area (Å²) in [5, 5.41) is 2.47. The van der Waals surface area contributed by atoms with Gasteiger partial charge >= 0.3 is 6.03 Å². The highest BCUT2D eigenvalue weighted by Crippen LogP contribution is 2.18. The van der Waals surface area contributed by atoms with Gasteiger partial charge in [-0.05, 0) is 42.5 Å². The third-order valence-electron chi connectivity index (χ3n) is 2.75. The summed E-state index contributed by atoms with van der Waals surface area (Å²) in [5.41, 5.74) is 6.74. The molecule has 0 saturated carbocycles. The van der Waals surface area contributed by atoms with Crippen LogP contribution < -0.4 is 16.0 Å². The summed E-state index contributed by atoms with van der Waals surface area (Å²) in [7, 11) is 0. The highest BCUT2D eigenvalue weighted by Gasteiger charge is 2.20. The van der Waals surface area contributed by atoms with E-state index in [9.17, 15) is 14.0 Å². The number of anilines is 3. The van der Waals surface area contributed by atoms with Crippen LogP contribution in [0.4, 0.5) is 26.2 Å². The summed E-state index contributed by atoms with van der Waals surface area (Å²) >= 11 is 0. The van der Waals surface area contributed by atoms with Gasteiger partial charge in [0, 0.05) is 18.3 Å². The molecule has 108 valence electrons. The van der Waals surface area contributed by atoms with Crippen molar-refractivity contribution in [2.75, 3.05) is 16.0 Å². The van der Waals surface area contributed by atoms with Crippen LogP contribution in [-0.2, 0) is 4.79 Å². The van der Waals surface area contributed by atoms with E-state index in [1.165, 1.54) is 31.2 Å². The Kier molecular flexibility index (Phi) is 4.18. The fourth-order valence-electron chi connectivity index (χ4n) is 1.81. The molecule has 0 aromatic heterocycles. The topological polar surface area (TPSA) is 75.4 Å². The zero-order valence-electron chi connectivity index (χ0n) is 11.3. The average molecular weight is 287 g/mol. The van der Waals surface area contributed by atoms with Crippen LogP contribution in [0.3, 0.4) is 0 Å². The molecule has 0 aliphatic heterocycles. The number of nitrogen functional groups attached to an aromatic ring is 1. The largest absolute Gasteiger partial charge is 0.399 e. The van der Waals surface area contributed by atoms with Crippen LogP contribution in [-0.4, -0.2) is 11.9 Å². The quantitative estimate of drug-likeness (QED) is 0.834. The Morgan fingerprint density at radius 2 is 1.81 bits per heavy atom.